The van der Waals surface area contributed by atoms with Crippen LogP contribution in [0.2, 0.25) is 0 Å². The number of primary amides is 1. The zero-order valence-corrected chi connectivity index (χ0v) is 9.06. The highest BCUT2D eigenvalue weighted by atomic mass is 16.2. The number of carbonyl (C=O) groups is 1. The standard InChI is InChI=1S/C9H11N5O3/c1-2-4(6(10)15)14-3-11-7-5(14)8(16)13-9(17)12-7/h3-4H,2H2,1H3,(H2,10,15)(H2,12,13,16,17). The van der Waals surface area contributed by atoms with Gasteiger partial charge in [0.25, 0.3) is 5.56 Å². The molecule has 2 aromatic rings. The Hall–Kier alpha value is -2.38. The Morgan fingerprint density at radius 2 is 2.24 bits per heavy atom. The van der Waals surface area contributed by atoms with Crippen LogP contribution < -0.4 is 17.0 Å². The molecule has 1 unspecified atom stereocenters. The third kappa shape index (κ3) is 1.73. The van der Waals surface area contributed by atoms with Gasteiger partial charge in [-0.25, -0.2) is 9.78 Å². The first-order valence-corrected chi connectivity index (χ1v) is 5.03. The minimum Gasteiger partial charge on any atom is -0.368 e. The van der Waals surface area contributed by atoms with Crippen molar-refractivity contribution in [2.75, 3.05) is 0 Å². The summed E-state index contributed by atoms with van der Waals surface area (Å²) in [6.07, 6.45) is 1.74. The molecule has 0 fully saturated rings. The number of nitrogens with zero attached hydrogens (tertiary/aromatic N) is 2. The van der Waals surface area contributed by atoms with E-state index in [0.717, 1.165) is 0 Å². The van der Waals surface area contributed by atoms with Gasteiger partial charge in [-0.1, -0.05) is 6.92 Å². The topological polar surface area (TPSA) is 127 Å². The smallest absolute Gasteiger partial charge is 0.327 e. The van der Waals surface area contributed by atoms with Crippen molar-refractivity contribution >= 4 is 17.1 Å². The fourth-order valence-electron chi connectivity index (χ4n) is 1.75. The summed E-state index contributed by atoms with van der Waals surface area (Å²) in [6.45, 7) is 1.77. The van der Waals surface area contributed by atoms with Gasteiger partial charge in [0.2, 0.25) is 5.91 Å². The van der Waals surface area contributed by atoms with Crippen LogP contribution in [0.1, 0.15) is 19.4 Å². The average molecular weight is 237 g/mol. The van der Waals surface area contributed by atoms with Gasteiger partial charge in [-0.15, -0.1) is 0 Å². The summed E-state index contributed by atoms with van der Waals surface area (Å²) < 4.78 is 1.37. The minimum absolute atomic E-state index is 0.134. The van der Waals surface area contributed by atoms with Crippen molar-refractivity contribution in [3.8, 4) is 0 Å². The summed E-state index contributed by atoms with van der Waals surface area (Å²) in [7, 11) is 0. The van der Waals surface area contributed by atoms with E-state index in [1.54, 1.807) is 6.92 Å². The molecule has 1 amide bonds. The largest absolute Gasteiger partial charge is 0.368 e. The van der Waals surface area contributed by atoms with E-state index < -0.39 is 23.2 Å². The third-order valence-electron chi connectivity index (χ3n) is 2.52. The highest BCUT2D eigenvalue weighted by molar-refractivity contribution is 5.81. The molecule has 0 aromatic carbocycles. The quantitative estimate of drug-likeness (QED) is 0.622. The number of hydrogen-bond donors (Lipinski definition) is 3. The predicted octanol–water partition coefficient (Wildman–Crippen LogP) is -1.15. The molecule has 4 N–H and O–H groups in total. The molecule has 8 nitrogen and oxygen atoms in total. The number of fused-ring (bicyclic) bond motifs is 1. The lowest BCUT2D eigenvalue weighted by Crippen LogP contribution is -2.29. The Morgan fingerprint density at radius 1 is 1.53 bits per heavy atom. The van der Waals surface area contributed by atoms with Gasteiger partial charge in [-0.2, -0.15) is 0 Å². The molecule has 2 heterocycles. The SMILES string of the molecule is CCC(C(N)=O)n1cnc2[nH]c(=O)[nH]c(=O)c21. The fraction of sp³-hybridized carbons (Fsp3) is 0.333. The first-order valence-electron chi connectivity index (χ1n) is 5.03. The van der Waals surface area contributed by atoms with Crippen molar-refractivity contribution in [3.05, 3.63) is 27.2 Å². The number of H-pyrrole nitrogens is 2. The molecule has 2 aromatic heterocycles. The highest BCUT2D eigenvalue weighted by Gasteiger charge is 2.19. The van der Waals surface area contributed by atoms with Gasteiger partial charge in [-0.05, 0) is 6.42 Å². The third-order valence-corrected chi connectivity index (χ3v) is 2.52. The zero-order chi connectivity index (χ0) is 12.6. The van der Waals surface area contributed by atoms with Crippen molar-refractivity contribution in [1.29, 1.82) is 0 Å². The summed E-state index contributed by atoms with van der Waals surface area (Å²) in [4.78, 5) is 42.2. The summed E-state index contributed by atoms with van der Waals surface area (Å²) in [5.41, 5.74) is 4.27. The number of hydrogen-bond acceptors (Lipinski definition) is 4. The van der Waals surface area contributed by atoms with Crippen molar-refractivity contribution < 1.29 is 4.79 Å². The maximum absolute atomic E-state index is 11.6. The van der Waals surface area contributed by atoms with E-state index in [9.17, 15) is 14.4 Å². The van der Waals surface area contributed by atoms with Crippen LogP contribution in [-0.4, -0.2) is 25.4 Å². The second kappa shape index (κ2) is 3.89. The van der Waals surface area contributed by atoms with Gasteiger partial charge in [0.1, 0.15) is 6.04 Å². The Bertz CT molecular complexity index is 680. The van der Waals surface area contributed by atoms with Crippen LogP contribution >= 0.6 is 0 Å². The molecule has 0 saturated heterocycles. The van der Waals surface area contributed by atoms with Gasteiger partial charge in [0.15, 0.2) is 11.2 Å². The van der Waals surface area contributed by atoms with Crippen molar-refractivity contribution in [1.82, 2.24) is 19.5 Å². The molecule has 0 radical (unpaired) electrons. The van der Waals surface area contributed by atoms with Gasteiger partial charge in [0, 0.05) is 0 Å². The van der Waals surface area contributed by atoms with E-state index in [2.05, 4.69) is 15.0 Å². The first kappa shape index (κ1) is 11.1. The molecule has 8 heteroatoms. The second-order valence-electron chi connectivity index (χ2n) is 3.58. The molecule has 17 heavy (non-hydrogen) atoms. The number of rotatable bonds is 3. The lowest BCUT2D eigenvalue weighted by Gasteiger charge is -2.12. The van der Waals surface area contributed by atoms with E-state index in [1.807, 2.05) is 0 Å². The number of imidazole rings is 1. The number of nitrogens with two attached hydrogens (primary N) is 1. The normalized spacial score (nSPS) is 12.8. The molecule has 0 bridgehead atoms. The molecule has 0 aliphatic heterocycles. The monoisotopic (exact) mass is 237 g/mol. The highest BCUT2D eigenvalue weighted by Crippen LogP contribution is 2.14. The molecule has 0 spiro atoms. The van der Waals surface area contributed by atoms with E-state index in [-0.39, 0.29) is 11.2 Å². The van der Waals surface area contributed by atoms with Crippen molar-refractivity contribution in [3.63, 3.8) is 0 Å². The Balaban J connectivity index is 2.76. The summed E-state index contributed by atoms with van der Waals surface area (Å²) in [6, 6.07) is -0.660. The number of carbonyl (C=O) groups excluding carboxylic acids is 1. The molecular weight excluding hydrogens is 226 g/mol. The molecule has 0 aliphatic rings. The first-order chi connectivity index (χ1) is 8.04. The molecule has 1 atom stereocenters. The second-order valence-corrected chi connectivity index (χ2v) is 3.58. The molecule has 0 aliphatic carbocycles. The van der Waals surface area contributed by atoms with Gasteiger partial charge < -0.3 is 10.3 Å². The van der Waals surface area contributed by atoms with Crippen LogP contribution in [-0.2, 0) is 4.79 Å². The maximum atomic E-state index is 11.6. The van der Waals surface area contributed by atoms with Gasteiger partial charge in [0.05, 0.1) is 6.33 Å². The summed E-state index contributed by atoms with van der Waals surface area (Å²) in [5.74, 6) is -0.558. The molecular formula is C9H11N5O3. The lowest BCUT2D eigenvalue weighted by molar-refractivity contribution is -0.121. The Kier molecular flexibility index (Phi) is 2.54. The number of aromatic nitrogens is 4. The van der Waals surface area contributed by atoms with Crippen LogP contribution in [0.3, 0.4) is 0 Å². The summed E-state index contributed by atoms with van der Waals surface area (Å²) >= 11 is 0. The van der Waals surface area contributed by atoms with E-state index in [0.29, 0.717) is 6.42 Å². The Labute approximate surface area is 94.5 Å². The summed E-state index contributed by atoms with van der Waals surface area (Å²) in [5, 5.41) is 0. The predicted molar refractivity (Wildman–Crippen MR) is 59.5 cm³/mol. The number of nitrogens with one attached hydrogen (secondary N) is 2. The lowest BCUT2D eigenvalue weighted by atomic mass is 10.2. The van der Waals surface area contributed by atoms with Crippen LogP contribution in [0.5, 0.6) is 0 Å². The van der Waals surface area contributed by atoms with Crippen LogP contribution in [0.4, 0.5) is 0 Å². The van der Waals surface area contributed by atoms with E-state index >= 15 is 0 Å². The molecule has 0 saturated carbocycles. The van der Waals surface area contributed by atoms with Crippen LogP contribution in [0.25, 0.3) is 11.2 Å². The number of aromatic amines is 2. The molecule has 2 rings (SSSR count). The molecule has 90 valence electrons. The Morgan fingerprint density at radius 3 is 2.82 bits per heavy atom. The van der Waals surface area contributed by atoms with E-state index in [4.69, 9.17) is 5.73 Å². The van der Waals surface area contributed by atoms with Crippen molar-refractivity contribution in [2.24, 2.45) is 5.73 Å². The van der Waals surface area contributed by atoms with E-state index in [1.165, 1.54) is 10.9 Å². The zero-order valence-electron chi connectivity index (χ0n) is 9.06. The fourth-order valence-corrected chi connectivity index (χ4v) is 1.75. The van der Waals surface area contributed by atoms with Gasteiger partial charge >= 0.3 is 5.69 Å². The van der Waals surface area contributed by atoms with Gasteiger partial charge in [-0.3, -0.25) is 19.6 Å². The maximum Gasteiger partial charge on any atom is 0.327 e. The van der Waals surface area contributed by atoms with Crippen LogP contribution in [0, 0.1) is 0 Å². The minimum atomic E-state index is -0.660. The van der Waals surface area contributed by atoms with Crippen LogP contribution in [0.15, 0.2) is 15.9 Å². The number of amides is 1. The average Bonchev–Trinajstić information content (AvgIpc) is 2.62. The van der Waals surface area contributed by atoms with Crippen molar-refractivity contribution in [2.45, 2.75) is 19.4 Å².